The molecule has 86 valence electrons. The van der Waals surface area contributed by atoms with Crippen molar-refractivity contribution in [1.29, 1.82) is 0 Å². The molecule has 0 fully saturated rings. The first kappa shape index (κ1) is 12.3. The second-order valence-corrected chi connectivity index (χ2v) is 3.05. The number of carbonyl (C=O) groups is 1. The van der Waals surface area contributed by atoms with Gasteiger partial charge < -0.3 is 17.1 Å². The third-order valence-electron chi connectivity index (χ3n) is 2.11. The van der Waals surface area contributed by atoms with Crippen LogP contribution in [0.5, 0.6) is 0 Å². The summed E-state index contributed by atoms with van der Waals surface area (Å²) >= 11 is 0. The van der Waals surface area contributed by atoms with E-state index in [4.69, 9.17) is 0 Å². The lowest BCUT2D eigenvalue weighted by Crippen LogP contribution is -3.00. The third kappa shape index (κ3) is 2.43. The minimum Gasteiger partial charge on any atom is -1.00 e. The molecular weight excluding hydrogens is 230 g/mol. The minimum absolute atomic E-state index is 0. The number of hydrogen-bond donors (Lipinski definition) is 1. The number of halogens is 1. The van der Waals surface area contributed by atoms with Gasteiger partial charge in [-0.25, -0.2) is 9.83 Å². The topological polar surface area (TPSA) is 47.4 Å². The van der Waals surface area contributed by atoms with E-state index in [9.17, 15) is 4.79 Å². The zero-order valence-electron chi connectivity index (χ0n) is 8.76. The van der Waals surface area contributed by atoms with Crippen LogP contribution in [0.2, 0.25) is 0 Å². The molecule has 0 amide bonds. The maximum Gasteiger partial charge on any atom is 0.328 e. The Morgan fingerprint density at radius 3 is 3.06 bits per heavy atom. The van der Waals surface area contributed by atoms with Gasteiger partial charge in [0.25, 0.3) is 0 Å². The van der Waals surface area contributed by atoms with Gasteiger partial charge in [-0.2, -0.15) is 0 Å². The zero-order valence-corrected chi connectivity index (χ0v) is 9.52. The summed E-state index contributed by atoms with van der Waals surface area (Å²) in [5, 5.41) is 0. The van der Waals surface area contributed by atoms with Gasteiger partial charge in [0.1, 0.15) is 12.7 Å². The fourth-order valence-corrected chi connectivity index (χ4v) is 1.35. The molecule has 2 aromatic heterocycles. The quantitative estimate of drug-likeness (QED) is 0.459. The van der Waals surface area contributed by atoms with Crippen molar-refractivity contribution in [3.05, 3.63) is 36.8 Å². The van der Waals surface area contributed by atoms with E-state index in [1.54, 1.807) is 4.68 Å². The van der Waals surface area contributed by atoms with Crippen molar-refractivity contribution in [1.82, 2.24) is 4.68 Å². The molecule has 0 aliphatic carbocycles. The van der Waals surface area contributed by atoms with Gasteiger partial charge in [-0.15, -0.1) is 4.68 Å². The highest BCUT2D eigenvalue weighted by Crippen LogP contribution is 1.94. The van der Waals surface area contributed by atoms with E-state index in [0.29, 0.717) is 0 Å². The first-order valence-corrected chi connectivity index (χ1v) is 4.59. The lowest BCUT2D eigenvalue weighted by atomic mass is 10.5. The van der Waals surface area contributed by atoms with Gasteiger partial charge in [-0.3, -0.25) is 4.79 Å². The lowest BCUT2D eigenvalue weighted by Gasteiger charge is -2.00. The van der Waals surface area contributed by atoms with Crippen LogP contribution < -0.4 is 22.2 Å². The van der Waals surface area contributed by atoms with Crippen LogP contribution in [-0.4, -0.2) is 24.3 Å². The Bertz CT molecular complexity index is 484. The number of pyridine rings is 1. The summed E-state index contributed by atoms with van der Waals surface area (Å²) in [7, 11) is 1.37. The molecule has 2 heterocycles. The normalized spacial score (nSPS) is 9.56. The molecule has 6 heteroatoms. The summed E-state index contributed by atoms with van der Waals surface area (Å²) < 4.78 is 8.26. The van der Waals surface area contributed by atoms with Gasteiger partial charge in [0, 0.05) is 6.07 Å². The van der Waals surface area contributed by atoms with Crippen molar-refractivity contribution in [2.24, 2.45) is 0 Å². The van der Waals surface area contributed by atoms with Crippen molar-refractivity contribution in [3.63, 3.8) is 0 Å². The monoisotopic (exact) mass is 241 g/mol. The highest BCUT2D eigenvalue weighted by Gasteiger charge is 2.09. The third-order valence-corrected chi connectivity index (χ3v) is 2.11. The molecule has 0 saturated heterocycles. The van der Waals surface area contributed by atoms with Crippen molar-refractivity contribution >= 4 is 11.6 Å². The summed E-state index contributed by atoms with van der Waals surface area (Å²) in [5.74, 6) is -0.294. The molecule has 2 rings (SSSR count). The summed E-state index contributed by atoms with van der Waals surface area (Å²) in [6.07, 6.45) is 5.68. The standard InChI is InChI=1S/C10H12N3O2.ClH/c1-15-10(14)8-11-13-7-6-12-5-3-2-4-9(12)13;/h2-7,11H,8H2,1H3;1H/q+1;/p-1. The summed E-state index contributed by atoms with van der Waals surface area (Å²) in [5.41, 5.74) is 3.90. The van der Waals surface area contributed by atoms with Gasteiger partial charge in [-0.1, -0.05) is 6.07 Å². The van der Waals surface area contributed by atoms with Crippen molar-refractivity contribution in [2.45, 2.75) is 0 Å². The van der Waals surface area contributed by atoms with Gasteiger partial charge in [0.05, 0.1) is 13.3 Å². The molecule has 1 N–H and O–H groups in total. The molecular formula is C10H12ClN3O2. The van der Waals surface area contributed by atoms with Crippen LogP contribution in [0, 0.1) is 0 Å². The maximum atomic E-state index is 10.9. The minimum atomic E-state index is -0.294. The van der Waals surface area contributed by atoms with Crippen molar-refractivity contribution < 1.29 is 26.3 Å². The second kappa shape index (κ2) is 5.37. The van der Waals surface area contributed by atoms with Crippen LogP contribution in [0.4, 0.5) is 0 Å². The number of imidazole rings is 1. The molecule has 0 bridgehead atoms. The number of rotatable bonds is 3. The molecule has 0 saturated carbocycles. The Kier molecular flexibility index (Phi) is 4.13. The molecule has 0 unspecified atom stereocenters. The number of nitrogens with zero attached hydrogens (tertiary/aromatic N) is 2. The first-order valence-electron chi connectivity index (χ1n) is 4.59. The van der Waals surface area contributed by atoms with Gasteiger partial charge in [0.15, 0.2) is 6.20 Å². The van der Waals surface area contributed by atoms with E-state index in [1.807, 2.05) is 41.2 Å². The molecule has 5 nitrogen and oxygen atoms in total. The second-order valence-electron chi connectivity index (χ2n) is 3.05. The number of fused-ring (bicyclic) bond motifs is 1. The van der Waals surface area contributed by atoms with Crippen molar-refractivity contribution in [2.75, 3.05) is 19.1 Å². The molecule has 0 aliphatic heterocycles. The van der Waals surface area contributed by atoms with Gasteiger partial charge in [-0.05, 0) is 6.07 Å². The van der Waals surface area contributed by atoms with Crippen LogP contribution in [-0.2, 0) is 9.53 Å². The number of carbonyl (C=O) groups excluding carboxylic acids is 1. The summed E-state index contributed by atoms with van der Waals surface area (Å²) in [6.45, 7) is 0.149. The van der Waals surface area contributed by atoms with Crippen LogP contribution in [0.1, 0.15) is 0 Å². The van der Waals surface area contributed by atoms with E-state index >= 15 is 0 Å². The highest BCUT2D eigenvalue weighted by atomic mass is 35.5. The number of ether oxygens (including phenoxy) is 1. The molecule has 0 aliphatic rings. The smallest absolute Gasteiger partial charge is 0.328 e. The number of methoxy groups -OCH3 is 1. The van der Waals surface area contributed by atoms with Crippen LogP contribution in [0.25, 0.3) is 5.65 Å². The molecule has 0 aromatic carbocycles. The summed E-state index contributed by atoms with van der Waals surface area (Å²) in [6, 6.07) is 5.83. The van der Waals surface area contributed by atoms with E-state index in [0.717, 1.165) is 5.65 Å². The van der Waals surface area contributed by atoms with E-state index in [2.05, 4.69) is 10.2 Å². The Balaban J connectivity index is 0.00000128. The average Bonchev–Trinajstić information content (AvgIpc) is 2.69. The maximum absolute atomic E-state index is 10.9. The van der Waals surface area contributed by atoms with E-state index in [1.165, 1.54) is 7.11 Å². The molecule has 0 atom stereocenters. The zero-order chi connectivity index (χ0) is 10.7. The number of nitrogens with one attached hydrogen (secondary N) is 1. The number of hydrogen-bond acceptors (Lipinski definition) is 3. The van der Waals surface area contributed by atoms with Crippen LogP contribution in [0.3, 0.4) is 0 Å². The highest BCUT2D eigenvalue weighted by molar-refractivity contribution is 5.72. The van der Waals surface area contributed by atoms with Crippen molar-refractivity contribution in [3.8, 4) is 0 Å². The SMILES string of the molecule is COC(=O)CNn1cc[n+]2ccccc12.[Cl-]. The number of esters is 1. The Morgan fingerprint density at radius 2 is 2.31 bits per heavy atom. The van der Waals surface area contributed by atoms with Gasteiger partial charge in [0.2, 0.25) is 0 Å². The largest absolute Gasteiger partial charge is 1.00 e. The Morgan fingerprint density at radius 1 is 1.50 bits per heavy atom. The van der Waals surface area contributed by atoms with Crippen LogP contribution in [0.15, 0.2) is 36.8 Å². The number of aromatic nitrogens is 2. The van der Waals surface area contributed by atoms with E-state index in [-0.39, 0.29) is 24.9 Å². The van der Waals surface area contributed by atoms with E-state index < -0.39 is 0 Å². The summed E-state index contributed by atoms with van der Waals surface area (Å²) in [4.78, 5) is 10.9. The Hall–Kier alpha value is -1.75. The fourth-order valence-electron chi connectivity index (χ4n) is 1.35. The molecule has 2 aromatic rings. The predicted octanol–water partition coefficient (Wildman–Crippen LogP) is -3.05. The van der Waals surface area contributed by atoms with Gasteiger partial charge >= 0.3 is 11.6 Å². The predicted molar refractivity (Wildman–Crippen MR) is 53.8 cm³/mol. The molecule has 0 radical (unpaired) electrons. The fraction of sp³-hybridized carbons (Fsp3) is 0.200. The Labute approximate surface area is 99.0 Å². The first-order chi connectivity index (χ1) is 7.31. The molecule has 16 heavy (non-hydrogen) atoms. The molecule has 0 spiro atoms. The average molecular weight is 242 g/mol. The van der Waals surface area contributed by atoms with Crippen LogP contribution >= 0.6 is 0 Å². The lowest BCUT2D eigenvalue weighted by molar-refractivity contribution is -0.510.